The highest BCUT2D eigenvalue weighted by Crippen LogP contribution is 2.05. The lowest BCUT2D eigenvalue weighted by Gasteiger charge is -2.00. The van der Waals surface area contributed by atoms with Crippen LogP contribution in [-0.4, -0.2) is 11.1 Å². The fraction of sp³-hybridized carbons (Fsp3) is 0.143. The molecule has 0 atom stereocenters. The van der Waals surface area contributed by atoms with Gasteiger partial charge in [0.1, 0.15) is 11.3 Å². The van der Waals surface area contributed by atoms with Gasteiger partial charge in [-0.3, -0.25) is 10.5 Å². The number of aryl methyl sites for hydroxylation is 1. The molecule has 1 heterocycles. The Kier molecular flexibility index (Phi) is 1.86. The summed E-state index contributed by atoms with van der Waals surface area (Å²) in [5.74, 6) is -0.696. The number of hydrogen-bond donors (Lipinski definition) is 3. The average molecular weight is 168 g/mol. The molecular formula is C7H10N3O2+. The van der Waals surface area contributed by atoms with Gasteiger partial charge in [-0.15, -0.1) is 0 Å². The molecular weight excluding hydrogens is 158 g/mol. The van der Waals surface area contributed by atoms with Gasteiger partial charge >= 0.3 is 5.82 Å². The molecule has 0 fully saturated rings. The largest absolute Gasteiger partial charge is 0.365 e. The van der Waals surface area contributed by atoms with Gasteiger partial charge in [-0.1, -0.05) is 0 Å². The number of carbonyl (C=O) groups is 1. The van der Waals surface area contributed by atoms with Gasteiger partial charge in [-0.2, -0.15) is 0 Å². The van der Waals surface area contributed by atoms with E-state index in [1.54, 1.807) is 13.0 Å². The summed E-state index contributed by atoms with van der Waals surface area (Å²) < 4.78 is 0.722. The highest BCUT2D eigenvalue weighted by molar-refractivity contribution is 5.96. The number of primary amides is 1. The molecule has 0 unspecified atom stereocenters. The van der Waals surface area contributed by atoms with Crippen LogP contribution >= 0.6 is 0 Å². The molecule has 12 heavy (non-hydrogen) atoms. The highest BCUT2D eigenvalue weighted by atomic mass is 16.5. The molecule has 0 aliphatic carbocycles. The van der Waals surface area contributed by atoms with Crippen molar-refractivity contribution in [3.8, 4) is 0 Å². The van der Waals surface area contributed by atoms with Gasteiger partial charge < -0.3 is 10.9 Å². The number of rotatable bonds is 1. The number of amides is 1. The maximum Gasteiger partial charge on any atom is 0.324 e. The van der Waals surface area contributed by atoms with Crippen LogP contribution in [0.4, 0.5) is 5.82 Å². The Morgan fingerprint density at radius 3 is 2.67 bits per heavy atom. The summed E-state index contributed by atoms with van der Waals surface area (Å²) >= 11 is 0. The number of nitrogens with zero attached hydrogens (tertiary/aromatic N) is 1. The Hall–Kier alpha value is -1.78. The Balaban J connectivity index is 3.36. The van der Waals surface area contributed by atoms with Gasteiger partial charge in [-0.25, -0.2) is 0 Å². The van der Waals surface area contributed by atoms with Crippen LogP contribution in [0, 0.1) is 6.92 Å². The van der Waals surface area contributed by atoms with E-state index in [4.69, 9.17) is 11.5 Å². The quantitative estimate of drug-likeness (QED) is 0.378. The third kappa shape index (κ3) is 1.16. The molecule has 1 aromatic heterocycles. The molecule has 64 valence electrons. The second kappa shape index (κ2) is 2.69. The lowest BCUT2D eigenvalue weighted by atomic mass is 10.2. The van der Waals surface area contributed by atoms with Crippen molar-refractivity contribution in [1.82, 2.24) is 0 Å². The zero-order valence-electron chi connectivity index (χ0n) is 6.61. The molecule has 0 aromatic carbocycles. The summed E-state index contributed by atoms with van der Waals surface area (Å²) in [5.41, 5.74) is 11.0. The van der Waals surface area contributed by atoms with Crippen molar-refractivity contribution in [2.75, 3.05) is 5.73 Å². The minimum Gasteiger partial charge on any atom is -0.365 e. The maximum atomic E-state index is 10.7. The fourth-order valence-corrected chi connectivity index (χ4v) is 0.872. The Morgan fingerprint density at radius 2 is 2.17 bits per heavy atom. The van der Waals surface area contributed by atoms with Crippen molar-refractivity contribution < 1.29 is 14.7 Å². The van der Waals surface area contributed by atoms with Crippen LogP contribution in [0.15, 0.2) is 12.1 Å². The molecule has 5 nitrogen and oxygen atoms in total. The van der Waals surface area contributed by atoms with E-state index in [2.05, 4.69) is 0 Å². The van der Waals surface area contributed by atoms with Crippen molar-refractivity contribution in [3.05, 3.63) is 23.4 Å². The molecule has 1 amide bonds. The van der Waals surface area contributed by atoms with Crippen LogP contribution in [0.25, 0.3) is 0 Å². The molecule has 5 N–H and O–H groups in total. The molecule has 5 heteroatoms. The predicted octanol–water partition coefficient (Wildman–Crippen LogP) is -0.799. The van der Waals surface area contributed by atoms with Crippen molar-refractivity contribution in [1.29, 1.82) is 0 Å². The summed E-state index contributed by atoms with van der Waals surface area (Å²) in [6.45, 7) is 1.65. The average Bonchev–Trinajstić information content (AvgIpc) is 2.00. The number of aromatic nitrogens is 1. The molecule has 0 aliphatic heterocycles. The molecule has 1 aromatic rings. The zero-order valence-corrected chi connectivity index (χ0v) is 6.61. The molecule has 0 aliphatic rings. The summed E-state index contributed by atoms with van der Waals surface area (Å²) in [4.78, 5) is 10.7. The van der Waals surface area contributed by atoms with Crippen LogP contribution in [-0.2, 0) is 0 Å². The zero-order chi connectivity index (χ0) is 9.30. The van der Waals surface area contributed by atoms with E-state index in [-0.39, 0.29) is 11.4 Å². The third-order valence-corrected chi connectivity index (χ3v) is 1.59. The smallest absolute Gasteiger partial charge is 0.324 e. The van der Waals surface area contributed by atoms with Crippen molar-refractivity contribution in [3.63, 3.8) is 0 Å². The fourth-order valence-electron chi connectivity index (χ4n) is 0.872. The number of hydrogen-bond acceptors (Lipinski definition) is 3. The first kappa shape index (κ1) is 8.32. The monoisotopic (exact) mass is 168 g/mol. The predicted molar refractivity (Wildman–Crippen MR) is 41.5 cm³/mol. The normalized spacial score (nSPS) is 9.75. The second-order valence-corrected chi connectivity index (χ2v) is 2.45. The van der Waals surface area contributed by atoms with Crippen molar-refractivity contribution in [2.24, 2.45) is 5.73 Å². The first-order valence-corrected chi connectivity index (χ1v) is 3.34. The van der Waals surface area contributed by atoms with Gasteiger partial charge in [0.2, 0.25) is 0 Å². The Labute approximate surface area is 69.2 Å². The highest BCUT2D eigenvalue weighted by Gasteiger charge is 2.16. The second-order valence-electron chi connectivity index (χ2n) is 2.45. The van der Waals surface area contributed by atoms with E-state index >= 15 is 0 Å². The number of nitrogen functional groups attached to an aromatic ring is 1. The van der Waals surface area contributed by atoms with Gasteiger partial charge in [0, 0.05) is 6.92 Å². The van der Waals surface area contributed by atoms with Gasteiger partial charge in [-0.05, 0) is 16.9 Å². The van der Waals surface area contributed by atoms with Gasteiger partial charge in [0.15, 0.2) is 0 Å². The third-order valence-electron chi connectivity index (χ3n) is 1.59. The molecule has 1 rings (SSSR count). The van der Waals surface area contributed by atoms with E-state index in [0.29, 0.717) is 5.69 Å². The van der Waals surface area contributed by atoms with Crippen LogP contribution in [0.3, 0.4) is 0 Å². The SMILES string of the molecule is Cc1ccc(C(N)=O)c(N)[n+]1O. The van der Waals surface area contributed by atoms with Gasteiger partial charge in [0.25, 0.3) is 5.91 Å². The first-order valence-electron chi connectivity index (χ1n) is 3.34. The Bertz CT molecular complexity index is 336. The number of pyridine rings is 1. The van der Waals surface area contributed by atoms with Crippen LogP contribution in [0.5, 0.6) is 0 Å². The summed E-state index contributed by atoms with van der Waals surface area (Å²) in [5, 5.41) is 9.22. The van der Waals surface area contributed by atoms with E-state index < -0.39 is 5.91 Å². The van der Waals surface area contributed by atoms with E-state index in [9.17, 15) is 10.0 Å². The minimum absolute atomic E-state index is 0.0394. The van der Waals surface area contributed by atoms with Crippen LogP contribution in [0.2, 0.25) is 0 Å². The number of nitrogens with two attached hydrogens (primary N) is 2. The van der Waals surface area contributed by atoms with Crippen LogP contribution < -0.4 is 16.2 Å². The van der Waals surface area contributed by atoms with Crippen molar-refractivity contribution in [2.45, 2.75) is 6.92 Å². The topological polar surface area (TPSA) is 93.2 Å². The number of carbonyl (C=O) groups excluding carboxylic acids is 1. The number of anilines is 1. The van der Waals surface area contributed by atoms with E-state index in [0.717, 1.165) is 4.73 Å². The maximum absolute atomic E-state index is 10.7. The van der Waals surface area contributed by atoms with Gasteiger partial charge in [0.05, 0.1) is 0 Å². The standard InChI is InChI=1S/C7H9N3O2/c1-4-2-3-5(7(9)11)6(8)10(4)12/h2-3,8,12H,1H3,(H2,9,11)/p+1. The summed E-state index contributed by atoms with van der Waals surface area (Å²) in [6, 6.07) is 3.02. The molecule has 0 saturated carbocycles. The van der Waals surface area contributed by atoms with E-state index in [1.807, 2.05) is 0 Å². The Morgan fingerprint density at radius 1 is 1.58 bits per heavy atom. The first-order chi connectivity index (χ1) is 5.54. The summed E-state index contributed by atoms with van der Waals surface area (Å²) in [6.07, 6.45) is 0. The molecule has 0 radical (unpaired) electrons. The molecule has 0 bridgehead atoms. The molecule has 0 saturated heterocycles. The minimum atomic E-state index is -0.657. The van der Waals surface area contributed by atoms with Crippen LogP contribution in [0.1, 0.15) is 16.1 Å². The lowest BCUT2D eigenvalue weighted by Crippen LogP contribution is -2.39. The van der Waals surface area contributed by atoms with Crippen molar-refractivity contribution >= 4 is 11.7 Å². The molecule has 0 spiro atoms. The lowest BCUT2D eigenvalue weighted by molar-refractivity contribution is -0.897. The van der Waals surface area contributed by atoms with E-state index in [1.165, 1.54) is 6.07 Å². The summed E-state index contributed by atoms with van der Waals surface area (Å²) in [7, 11) is 0.